The number of aliphatic hydroxyl groups is 4. The Labute approximate surface area is 89.7 Å². The Balaban J connectivity index is 2.23. The molecule has 5 N–H and O–H groups in total. The Hall–Kier alpha value is -1.13. The predicted octanol–water partition coefficient (Wildman–Crippen LogP) is -3.15. The minimum Gasteiger partial charge on any atom is -0.394 e. The lowest BCUT2D eigenvalue weighted by Gasteiger charge is -2.39. The first-order valence-corrected chi connectivity index (χ1v) is 4.68. The van der Waals surface area contributed by atoms with E-state index in [1.807, 2.05) is 0 Å². The van der Waals surface area contributed by atoms with Crippen LogP contribution in [0.5, 0.6) is 0 Å². The van der Waals surface area contributed by atoms with E-state index < -0.39 is 30.7 Å². The van der Waals surface area contributed by atoms with Crippen molar-refractivity contribution in [2.24, 2.45) is 0 Å². The van der Waals surface area contributed by atoms with E-state index in [-0.39, 0.29) is 12.2 Å². The topological polar surface area (TPSA) is 145 Å². The number of aromatic nitrogens is 4. The van der Waals surface area contributed by atoms with Crippen LogP contribution in [0.4, 0.5) is 0 Å². The number of H-pyrrole nitrogens is 1. The van der Waals surface area contributed by atoms with Gasteiger partial charge in [0.15, 0.2) is 0 Å². The highest BCUT2D eigenvalue weighted by molar-refractivity contribution is 4.98. The fourth-order valence-corrected chi connectivity index (χ4v) is 1.64. The maximum atomic E-state index is 10.0. The average molecular weight is 232 g/mol. The van der Waals surface area contributed by atoms with Gasteiger partial charge in [-0.1, -0.05) is 0 Å². The zero-order valence-corrected chi connectivity index (χ0v) is 8.19. The van der Waals surface area contributed by atoms with Gasteiger partial charge < -0.3 is 25.2 Å². The fraction of sp³-hybridized carbons (Fsp3) is 0.857. The average Bonchev–Trinajstić information content (AvgIpc) is 2.77. The number of hydrogen-bond donors (Lipinski definition) is 5. The Bertz CT molecular complexity index is 347. The number of aliphatic hydroxyl groups excluding tert-OH is 3. The smallest absolute Gasteiger partial charge is 0.234 e. The molecule has 4 atom stereocenters. The molecule has 0 radical (unpaired) electrons. The Kier molecular flexibility index (Phi) is 2.86. The van der Waals surface area contributed by atoms with Crippen LogP contribution < -0.4 is 0 Å². The second-order valence-corrected chi connectivity index (χ2v) is 3.62. The lowest BCUT2D eigenvalue weighted by atomic mass is 9.95. The van der Waals surface area contributed by atoms with Gasteiger partial charge in [0.05, 0.1) is 12.7 Å². The Morgan fingerprint density at radius 1 is 1.50 bits per heavy atom. The molecular weight excluding hydrogens is 220 g/mol. The van der Waals surface area contributed by atoms with E-state index in [2.05, 4.69) is 20.6 Å². The highest BCUT2D eigenvalue weighted by Crippen LogP contribution is 2.33. The van der Waals surface area contributed by atoms with Gasteiger partial charge in [0.25, 0.3) is 0 Å². The van der Waals surface area contributed by atoms with Crippen molar-refractivity contribution in [2.75, 3.05) is 6.61 Å². The van der Waals surface area contributed by atoms with E-state index in [9.17, 15) is 15.3 Å². The first-order chi connectivity index (χ1) is 7.57. The number of aromatic amines is 1. The van der Waals surface area contributed by atoms with Gasteiger partial charge in [-0.2, -0.15) is 5.21 Å². The molecule has 0 unspecified atom stereocenters. The maximum Gasteiger partial charge on any atom is 0.234 e. The Morgan fingerprint density at radius 2 is 2.25 bits per heavy atom. The van der Waals surface area contributed by atoms with Crippen LogP contribution in [0.25, 0.3) is 0 Å². The molecule has 0 saturated carbocycles. The monoisotopic (exact) mass is 232 g/mol. The van der Waals surface area contributed by atoms with Gasteiger partial charge in [-0.05, 0) is 5.21 Å². The second-order valence-electron chi connectivity index (χ2n) is 3.62. The van der Waals surface area contributed by atoms with Crippen LogP contribution in [0.2, 0.25) is 0 Å². The molecular formula is C7H12N4O5. The van der Waals surface area contributed by atoms with E-state index >= 15 is 0 Å². The largest absolute Gasteiger partial charge is 0.394 e. The maximum absolute atomic E-state index is 10.0. The number of tetrazole rings is 1. The molecule has 1 aromatic rings. The van der Waals surface area contributed by atoms with Crippen LogP contribution in [0.1, 0.15) is 12.2 Å². The van der Waals surface area contributed by atoms with Crippen molar-refractivity contribution in [3.63, 3.8) is 0 Å². The summed E-state index contributed by atoms with van der Waals surface area (Å²) >= 11 is 0. The third-order valence-electron chi connectivity index (χ3n) is 2.48. The molecule has 2 heterocycles. The number of hydrogen-bond acceptors (Lipinski definition) is 8. The Morgan fingerprint density at radius 3 is 2.81 bits per heavy atom. The minimum absolute atomic E-state index is 0.156. The summed E-state index contributed by atoms with van der Waals surface area (Å²) in [5, 5.41) is 50.4. The molecule has 16 heavy (non-hydrogen) atoms. The van der Waals surface area contributed by atoms with Crippen molar-refractivity contribution in [2.45, 2.75) is 30.5 Å². The van der Waals surface area contributed by atoms with Crippen molar-refractivity contribution in [3.8, 4) is 0 Å². The summed E-state index contributed by atoms with van der Waals surface area (Å²) in [6.07, 6.45) is -3.91. The van der Waals surface area contributed by atoms with E-state index in [0.29, 0.717) is 0 Å². The van der Waals surface area contributed by atoms with Gasteiger partial charge in [0, 0.05) is 6.42 Å². The molecule has 1 aromatic heterocycles. The van der Waals surface area contributed by atoms with Crippen molar-refractivity contribution >= 4 is 0 Å². The molecule has 1 fully saturated rings. The van der Waals surface area contributed by atoms with Crippen LogP contribution in [0.15, 0.2) is 0 Å². The van der Waals surface area contributed by atoms with Crippen LogP contribution in [0, 0.1) is 0 Å². The van der Waals surface area contributed by atoms with E-state index in [1.165, 1.54) is 0 Å². The predicted molar refractivity (Wildman–Crippen MR) is 46.7 cm³/mol. The van der Waals surface area contributed by atoms with Gasteiger partial charge in [0.2, 0.25) is 11.6 Å². The van der Waals surface area contributed by atoms with Gasteiger partial charge >= 0.3 is 0 Å². The van der Waals surface area contributed by atoms with Crippen molar-refractivity contribution in [3.05, 3.63) is 5.82 Å². The quantitative estimate of drug-likeness (QED) is 0.359. The fourth-order valence-electron chi connectivity index (χ4n) is 1.64. The van der Waals surface area contributed by atoms with Crippen LogP contribution in [-0.4, -0.2) is 66.0 Å². The summed E-state index contributed by atoms with van der Waals surface area (Å²) in [6, 6.07) is 0. The van der Waals surface area contributed by atoms with Crippen molar-refractivity contribution < 1.29 is 25.2 Å². The lowest BCUT2D eigenvalue weighted by Crippen LogP contribution is -2.54. The molecule has 0 aromatic carbocycles. The summed E-state index contributed by atoms with van der Waals surface area (Å²) < 4.78 is 5.06. The molecule has 0 bridgehead atoms. The molecule has 1 saturated heterocycles. The highest BCUT2D eigenvalue weighted by atomic mass is 16.6. The minimum atomic E-state index is -1.96. The van der Waals surface area contributed by atoms with Crippen LogP contribution >= 0.6 is 0 Å². The van der Waals surface area contributed by atoms with Crippen LogP contribution in [0.3, 0.4) is 0 Å². The molecule has 2 rings (SSSR count). The van der Waals surface area contributed by atoms with E-state index in [4.69, 9.17) is 9.84 Å². The number of nitrogens with one attached hydrogen (secondary N) is 1. The summed E-state index contributed by atoms with van der Waals surface area (Å²) in [5.74, 6) is -2.11. The summed E-state index contributed by atoms with van der Waals surface area (Å²) in [4.78, 5) is 0. The van der Waals surface area contributed by atoms with Gasteiger partial charge in [-0.15, -0.1) is 10.2 Å². The SMILES string of the molecule is OC[C@H]1O[C@@](O)(c2nn[nH]n2)C[C@H](O)[C@@H]1O. The molecule has 1 aliphatic rings. The zero-order valence-electron chi connectivity index (χ0n) is 8.19. The van der Waals surface area contributed by atoms with Gasteiger partial charge in [-0.25, -0.2) is 0 Å². The zero-order chi connectivity index (χ0) is 11.8. The molecule has 1 aliphatic heterocycles. The van der Waals surface area contributed by atoms with Gasteiger partial charge in [-0.3, -0.25) is 0 Å². The number of nitrogens with zero attached hydrogens (tertiary/aromatic N) is 3. The number of rotatable bonds is 2. The molecule has 9 nitrogen and oxygen atoms in total. The summed E-state index contributed by atoms with van der Waals surface area (Å²) in [5.41, 5.74) is 0. The lowest BCUT2D eigenvalue weighted by molar-refractivity contribution is -0.316. The molecule has 9 heteroatoms. The first-order valence-electron chi connectivity index (χ1n) is 4.68. The third kappa shape index (κ3) is 1.79. The molecule has 0 spiro atoms. The van der Waals surface area contributed by atoms with E-state index in [1.54, 1.807) is 0 Å². The normalized spacial score (nSPS) is 39.9. The standard InChI is InChI=1S/C7H12N4O5/c12-2-4-5(14)3(13)1-7(15,16-4)6-8-10-11-9-6/h3-5,12-15H,1-2H2,(H,8,9,10,11)/t3-,4+,5-,7+/m0/s1. The summed E-state index contributed by atoms with van der Waals surface area (Å²) in [6.45, 7) is -0.543. The van der Waals surface area contributed by atoms with Crippen LogP contribution in [-0.2, 0) is 10.5 Å². The molecule has 0 amide bonds. The third-order valence-corrected chi connectivity index (χ3v) is 2.48. The number of ether oxygens (including phenoxy) is 1. The first kappa shape index (κ1) is 11.4. The van der Waals surface area contributed by atoms with Gasteiger partial charge in [0.1, 0.15) is 12.2 Å². The van der Waals surface area contributed by atoms with Crippen molar-refractivity contribution in [1.29, 1.82) is 0 Å². The second kappa shape index (κ2) is 4.03. The summed E-state index contributed by atoms with van der Waals surface area (Å²) in [7, 11) is 0. The van der Waals surface area contributed by atoms with Crippen molar-refractivity contribution in [1.82, 2.24) is 20.6 Å². The van der Waals surface area contributed by atoms with E-state index in [0.717, 1.165) is 0 Å². The molecule has 0 aliphatic carbocycles. The molecule has 90 valence electrons. The highest BCUT2D eigenvalue weighted by Gasteiger charge is 2.48.